The molecule has 8 heteroatoms. The number of aryl methyl sites for hydroxylation is 3. The van der Waals surface area contributed by atoms with Gasteiger partial charge in [0.1, 0.15) is 11.9 Å². The van der Waals surface area contributed by atoms with Crippen molar-refractivity contribution < 1.29 is 17.5 Å². The fourth-order valence-electron chi connectivity index (χ4n) is 3.16. The molecule has 1 saturated heterocycles. The number of hydrogen-bond donors (Lipinski definition) is 0. The molecule has 0 amide bonds. The molecule has 1 aliphatic heterocycles. The first-order chi connectivity index (χ1) is 12.3. The third-order valence-electron chi connectivity index (χ3n) is 4.33. The minimum absolute atomic E-state index is 0.127. The lowest BCUT2D eigenvalue weighted by Gasteiger charge is -2.32. The van der Waals surface area contributed by atoms with Gasteiger partial charge in [0.25, 0.3) is 0 Å². The summed E-state index contributed by atoms with van der Waals surface area (Å²) in [7, 11) is -3.71. The second kappa shape index (κ2) is 7.28. The second-order valence-electron chi connectivity index (χ2n) is 6.59. The number of ether oxygens (including phenoxy) is 1. The molecule has 1 atom stereocenters. The van der Waals surface area contributed by atoms with E-state index in [0.717, 1.165) is 17.8 Å². The number of rotatable bonds is 4. The van der Waals surface area contributed by atoms with Crippen molar-refractivity contribution in [3.05, 3.63) is 47.0 Å². The van der Waals surface area contributed by atoms with E-state index in [1.165, 1.54) is 22.5 Å². The van der Waals surface area contributed by atoms with Crippen LogP contribution in [0, 0.1) is 26.6 Å². The normalized spacial score (nSPS) is 18.7. The van der Waals surface area contributed by atoms with Crippen LogP contribution in [0.15, 0.2) is 29.2 Å². The average Bonchev–Trinajstić information content (AvgIpc) is 2.53. The van der Waals surface area contributed by atoms with Gasteiger partial charge in [-0.2, -0.15) is 4.31 Å². The van der Waals surface area contributed by atoms with Crippen LogP contribution in [0.25, 0.3) is 0 Å². The highest BCUT2D eigenvalue weighted by Crippen LogP contribution is 2.25. The van der Waals surface area contributed by atoms with E-state index < -0.39 is 15.8 Å². The largest absolute Gasteiger partial charge is 0.459 e. The molecule has 140 valence electrons. The first-order valence-electron chi connectivity index (χ1n) is 8.51. The van der Waals surface area contributed by atoms with E-state index >= 15 is 0 Å². The van der Waals surface area contributed by atoms with Crippen molar-refractivity contribution in [3.8, 4) is 6.01 Å². The molecule has 26 heavy (non-hydrogen) atoms. The SMILES string of the molecule is Cc1cc(C)nc(O[C@H]2CCCN(S(=O)(=O)c3ccc(F)cc3C)C2)n1. The maximum atomic E-state index is 13.3. The van der Waals surface area contributed by atoms with Gasteiger partial charge >= 0.3 is 6.01 Å². The highest BCUT2D eigenvalue weighted by Gasteiger charge is 2.32. The standard InChI is InChI=1S/C18H22FN3O3S/c1-12-9-15(19)6-7-17(12)26(23,24)22-8-4-5-16(11-22)25-18-20-13(2)10-14(3)21-18/h6-7,9-10,16H,4-5,8,11H2,1-3H3/t16-/m0/s1. The molecule has 0 spiro atoms. The first-order valence-corrected chi connectivity index (χ1v) is 9.95. The molecular weight excluding hydrogens is 357 g/mol. The third kappa shape index (κ3) is 4.02. The maximum absolute atomic E-state index is 13.3. The molecule has 0 saturated carbocycles. The van der Waals surface area contributed by atoms with Crippen molar-refractivity contribution in [2.75, 3.05) is 13.1 Å². The molecule has 1 aliphatic rings. The Balaban J connectivity index is 1.79. The molecule has 0 bridgehead atoms. The van der Waals surface area contributed by atoms with Crippen molar-refractivity contribution in [3.63, 3.8) is 0 Å². The van der Waals surface area contributed by atoms with Gasteiger partial charge in [-0.3, -0.25) is 0 Å². The third-order valence-corrected chi connectivity index (χ3v) is 6.35. The Morgan fingerprint density at radius 2 is 1.85 bits per heavy atom. The molecule has 1 aromatic carbocycles. The van der Waals surface area contributed by atoms with Gasteiger partial charge in [0.2, 0.25) is 10.0 Å². The Hall–Kier alpha value is -2.06. The van der Waals surface area contributed by atoms with Crippen molar-refractivity contribution in [2.24, 2.45) is 0 Å². The molecule has 0 N–H and O–H groups in total. The lowest BCUT2D eigenvalue weighted by atomic mass is 10.1. The maximum Gasteiger partial charge on any atom is 0.317 e. The summed E-state index contributed by atoms with van der Waals surface area (Å²) in [5, 5.41) is 0. The quantitative estimate of drug-likeness (QED) is 0.817. The summed E-state index contributed by atoms with van der Waals surface area (Å²) >= 11 is 0. The lowest BCUT2D eigenvalue weighted by Crippen LogP contribution is -2.44. The van der Waals surface area contributed by atoms with Gasteiger partial charge in [-0.15, -0.1) is 0 Å². The van der Waals surface area contributed by atoms with Crippen LogP contribution in [-0.4, -0.2) is 41.9 Å². The molecule has 0 aliphatic carbocycles. The van der Waals surface area contributed by atoms with Crippen LogP contribution >= 0.6 is 0 Å². The van der Waals surface area contributed by atoms with Crippen LogP contribution in [0.5, 0.6) is 6.01 Å². The Kier molecular flexibility index (Phi) is 5.24. The van der Waals surface area contributed by atoms with Gasteiger partial charge in [0.15, 0.2) is 0 Å². The van der Waals surface area contributed by atoms with E-state index in [0.29, 0.717) is 18.5 Å². The predicted octanol–water partition coefficient (Wildman–Crippen LogP) is 2.77. The molecule has 2 aromatic rings. The second-order valence-corrected chi connectivity index (χ2v) is 8.49. The molecule has 2 heterocycles. The minimum Gasteiger partial charge on any atom is -0.459 e. The number of benzene rings is 1. The topological polar surface area (TPSA) is 72.4 Å². The molecule has 6 nitrogen and oxygen atoms in total. The summed E-state index contributed by atoms with van der Waals surface area (Å²) in [5.74, 6) is -0.451. The van der Waals surface area contributed by atoms with Crippen molar-refractivity contribution in [1.29, 1.82) is 0 Å². The molecule has 0 unspecified atom stereocenters. The summed E-state index contributed by atoms with van der Waals surface area (Å²) in [4.78, 5) is 8.64. The molecule has 0 radical (unpaired) electrons. The number of halogens is 1. The van der Waals surface area contributed by atoms with Crippen molar-refractivity contribution in [1.82, 2.24) is 14.3 Å². The van der Waals surface area contributed by atoms with Crippen LogP contribution in [-0.2, 0) is 10.0 Å². The van der Waals surface area contributed by atoms with Gasteiger partial charge in [-0.25, -0.2) is 22.8 Å². The van der Waals surface area contributed by atoms with Crippen LogP contribution in [0.4, 0.5) is 4.39 Å². The van der Waals surface area contributed by atoms with Gasteiger partial charge in [0, 0.05) is 17.9 Å². The van der Waals surface area contributed by atoms with Crippen LogP contribution in [0.1, 0.15) is 29.8 Å². The zero-order valence-corrected chi connectivity index (χ0v) is 15.9. The fraction of sp³-hybridized carbons (Fsp3) is 0.444. The van der Waals surface area contributed by atoms with Gasteiger partial charge in [0.05, 0.1) is 11.4 Å². The van der Waals surface area contributed by atoms with Gasteiger partial charge < -0.3 is 4.74 Å². The van der Waals surface area contributed by atoms with E-state index in [2.05, 4.69) is 9.97 Å². The number of nitrogens with zero attached hydrogens (tertiary/aromatic N) is 3. The number of hydrogen-bond acceptors (Lipinski definition) is 5. The monoisotopic (exact) mass is 379 g/mol. The Morgan fingerprint density at radius 1 is 1.15 bits per heavy atom. The van der Waals surface area contributed by atoms with Crippen molar-refractivity contribution >= 4 is 10.0 Å². The molecule has 3 rings (SSSR count). The average molecular weight is 379 g/mol. The Morgan fingerprint density at radius 3 is 2.50 bits per heavy atom. The zero-order chi connectivity index (χ0) is 18.9. The predicted molar refractivity (Wildman–Crippen MR) is 95.1 cm³/mol. The number of piperidine rings is 1. The lowest BCUT2D eigenvalue weighted by molar-refractivity contribution is 0.118. The summed E-state index contributed by atoms with van der Waals surface area (Å²) in [6.45, 7) is 5.94. The van der Waals surface area contributed by atoms with E-state index in [4.69, 9.17) is 4.74 Å². The summed E-state index contributed by atoms with van der Waals surface area (Å²) < 4.78 is 46.4. The Bertz CT molecular complexity index is 898. The van der Waals surface area contributed by atoms with Gasteiger partial charge in [-0.05, 0) is 63.4 Å². The van der Waals surface area contributed by atoms with Crippen LogP contribution in [0.2, 0.25) is 0 Å². The molecular formula is C18H22FN3O3S. The summed E-state index contributed by atoms with van der Waals surface area (Å²) in [6, 6.07) is 5.83. The summed E-state index contributed by atoms with van der Waals surface area (Å²) in [5.41, 5.74) is 2.00. The van der Waals surface area contributed by atoms with E-state index in [1.54, 1.807) is 6.92 Å². The number of sulfonamides is 1. The van der Waals surface area contributed by atoms with Gasteiger partial charge in [-0.1, -0.05) is 0 Å². The van der Waals surface area contributed by atoms with Crippen LogP contribution < -0.4 is 4.74 Å². The molecule has 1 aromatic heterocycles. The van der Waals surface area contributed by atoms with E-state index in [-0.39, 0.29) is 23.6 Å². The Labute approximate surface area is 153 Å². The van der Waals surface area contributed by atoms with Crippen molar-refractivity contribution in [2.45, 2.75) is 44.6 Å². The highest BCUT2D eigenvalue weighted by atomic mass is 32.2. The van der Waals surface area contributed by atoms with Crippen LogP contribution in [0.3, 0.4) is 0 Å². The smallest absolute Gasteiger partial charge is 0.317 e. The highest BCUT2D eigenvalue weighted by molar-refractivity contribution is 7.89. The fourth-order valence-corrected chi connectivity index (χ4v) is 4.87. The first kappa shape index (κ1) is 18.7. The van der Waals surface area contributed by atoms with E-state index in [9.17, 15) is 12.8 Å². The summed E-state index contributed by atoms with van der Waals surface area (Å²) in [6.07, 6.45) is 1.08. The van der Waals surface area contributed by atoms with E-state index in [1.807, 2.05) is 19.9 Å². The zero-order valence-electron chi connectivity index (χ0n) is 15.1. The molecule has 1 fully saturated rings. The number of aromatic nitrogens is 2. The minimum atomic E-state index is -3.71.